The summed E-state index contributed by atoms with van der Waals surface area (Å²) >= 11 is 0. The summed E-state index contributed by atoms with van der Waals surface area (Å²) in [5, 5.41) is 20.0. The molecule has 106 valence electrons. The number of aliphatic hydroxyl groups is 2. The molecule has 0 aromatic heterocycles. The molecule has 1 saturated heterocycles. The van der Waals surface area contributed by atoms with Gasteiger partial charge in [-0.05, 0) is 44.0 Å². The summed E-state index contributed by atoms with van der Waals surface area (Å²) in [6.07, 6.45) is 2.03. The summed E-state index contributed by atoms with van der Waals surface area (Å²) < 4.78 is 13.1. The minimum absolute atomic E-state index is 0.0944. The van der Waals surface area contributed by atoms with Crippen LogP contribution >= 0.6 is 0 Å². The molecule has 1 heterocycles. The first-order valence-corrected chi connectivity index (χ1v) is 6.93. The number of aliphatic hydroxyl groups excluding tert-OH is 2. The summed E-state index contributed by atoms with van der Waals surface area (Å²) in [7, 11) is 0. The van der Waals surface area contributed by atoms with Crippen molar-refractivity contribution in [3.63, 3.8) is 0 Å². The molecule has 19 heavy (non-hydrogen) atoms. The van der Waals surface area contributed by atoms with Gasteiger partial charge in [0.2, 0.25) is 0 Å². The van der Waals surface area contributed by atoms with Crippen molar-refractivity contribution < 1.29 is 14.6 Å². The predicted molar refractivity (Wildman–Crippen MR) is 72.3 cm³/mol. The first-order chi connectivity index (χ1) is 9.08. The Morgan fingerprint density at radius 2 is 2.16 bits per heavy atom. The quantitative estimate of drug-likeness (QED) is 0.878. The fraction of sp³-hybridized carbons (Fsp3) is 0.600. The zero-order valence-electron chi connectivity index (χ0n) is 11.3. The summed E-state index contributed by atoms with van der Waals surface area (Å²) in [6, 6.07) is 6.17. The molecule has 0 bridgehead atoms. The summed E-state index contributed by atoms with van der Waals surface area (Å²) in [5.41, 5.74) is 0.593. The number of piperidine rings is 1. The normalized spacial score (nSPS) is 24.1. The lowest BCUT2D eigenvalue weighted by molar-refractivity contribution is 0.00757. The first kappa shape index (κ1) is 14.4. The number of hydrogen-bond donors (Lipinski definition) is 2. The van der Waals surface area contributed by atoms with E-state index >= 15 is 0 Å². The van der Waals surface area contributed by atoms with Crippen LogP contribution in [0.3, 0.4) is 0 Å². The fourth-order valence-corrected chi connectivity index (χ4v) is 2.83. The van der Waals surface area contributed by atoms with E-state index in [0.29, 0.717) is 12.1 Å². The maximum atomic E-state index is 13.1. The number of hydrogen-bond acceptors (Lipinski definition) is 3. The second kappa shape index (κ2) is 6.46. The van der Waals surface area contributed by atoms with E-state index in [-0.39, 0.29) is 11.9 Å². The van der Waals surface area contributed by atoms with Gasteiger partial charge in [-0.2, -0.15) is 0 Å². The van der Waals surface area contributed by atoms with Gasteiger partial charge in [0.05, 0.1) is 12.2 Å². The SMILES string of the molecule is C[C@H](O)[C@@H]1CCCCN1C[C@H](O)c1cccc(F)c1. The van der Waals surface area contributed by atoms with Crippen molar-refractivity contribution in [1.82, 2.24) is 4.90 Å². The summed E-state index contributed by atoms with van der Waals surface area (Å²) in [6.45, 7) is 3.11. The second-order valence-electron chi connectivity index (χ2n) is 5.37. The molecule has 1 fully saturated rings. The van der Waals surface area contributed by atoms with Crippen molar-refractivity contribution in [3.8, 4) is 0 Å². The van der Waals surface area contributed by atoms with Crippen LogP contribution in [-0.2, 0) is 0 Å². The number of benzene rings is 1. The number of likely N-dealkylation sites (tertiary alicyclic amines) is 1. The number of halogens is 1. The Labute approximate surface area is 113 Å². The van der Waals surface area contributed by atoms with Crippen LogP contribution in [0.5, 0.6) is 0 Å². The zero-order chi connectivity index (χ0) is 13.8. The minimum atomic E-state index is -0.713. The van der Waals surface area contributed by atoms with Gasteiger partial charge in [0, 0.05) is 12.6 Å². The van der Waals surface area contributed by atoms with Crippen molar-refractivity contribution in [3.05, 3.63) is 35.6 Å². The molecular weight excluding hydrogens is 245 g/mol. The van der Waals surface area contributed by atoms with E-state index in [1.807, 2.05) is 0 Å². The van der Waals surface area contributed by atoms with Crippen LogP contribution in [0, 0.1) is 5.82 Å². The van der Waals surface area contributed by atoms with Gasteiger partial charge in [0.1, 0.15) is 5.82 Å². The lowest BCUT2D eigenvalue weighted by Crippen LogP contribution is -2.47. The van der Waals surface area contributed by atoms with E-state index in [9.17, 15) is 14.6 Å². The lowest BCUT2D eigenvalue weighted by atomic mass is 9.97. The monoisotopic (exact) mass is 267 g/mol. The standard InChI is InChI=1S/C15H22FNO2/c1-11(18)14-7-2-3-8-17(14)10-15(19)12-5-4-6-13(16)9-12/h4-6,9,11,14-15,18-19H,2-3,7-8,10H2,1H3/t11-,14-,15-/m0/s1. The molecule has 0 unspecified atom stereocenters. The Morgan fingerprint density at radius 3 is 2.84 bits per heavy atom. The maximum Gasteiger partial charge on any atom is 0.123 e. The van der Waals surface area contributed by atoms with Gasteiger partial charge in [0.15, 0.2) is 0 Å². The summed E-state index contributed by atoms with van der Waals surface area (Å²) in [4.78, 5) is 2.11. The second-order valence-corrected chi connectivity index (χ2v) is 5.37. The molecule has 0 amide bonds. The maximum absolute atomic E-state index is 13.1. The van der Waals surface area contributed by atoms with Crippen LogP contribution in [0.15, 0.2) is 24.3 Å². The van der Waals surface area contributed by atoms with E-state index < -0.39 is 12.2 Å². The Hall–Kier alpha value is -0.970. The average Bonchev–Trinajstić information content (AvgIpc) is 2.39. The van der Waals surface area contributed by atoms with Crippen LogP contribution < -0.4 is 0 Å². The highest BCUT2D eigenvalue weighted by Gasteiger charge is 2.27. The van der Waals surface area contributed by atoms with Crippen molar-refractivity contribution >= 4 is 0 Å². The Kier molecular flexibility index (Phi) is 4.91. The molecule has 1 aliphatic rings. The van der Waals surface area contributed by atoms with Crippen LogP contribution in [0.1, 0.15) is 37.9 Å². The zero-order valence-corrected chi connectivity index (χ0v) is 11.3. The average molecular weight is 267 g/mol. The number of β-amino-alcohol motifs (C(OH)–C–C–N with tert-alkyl or cyclic N) is 1. The van der Waals surface area contributed by atoms with Crippen LogP contribution in [-0.4, -0.2) is 40.3 Å². The van der Waals surface area contributed by atoms with Gasteiger partial charge in [-0.1, -0.05) is 18.6 Å². The van der Waals surface area contributed by atoms with E-state index in [0.717, 1.165) is 25.8 Å². The molecule has 0 saturated carbocycles. The first-order valence-electron chi connectivity index (χ1n) is 6.93. The van der Waals surface area contributed by atoms with E-state index in [4.69, 9.17) is 0 Å². The molecule has 3 nitrogen and oxygen atoms in total. The van der Waals surface area contributed by atoms with Crippen LogP contribution in [0.25, 0.3) is 0 Å². The third-order valence-electron chi connectivity index (χ3n) is 3.86. The van der Waals surface area contributed by atoms with Gasteiger partial charge in [-0.15, -0.1) is 0 Å². The third-order valence-corrected chi connectivity index (χ3v) is 3.86. The molecule has 0 spiro atoms. The molecule has 1 aromatic carbocycles. The molecule has 1 aromatic rings. The lowest BCUT2D eigenvalue weighted by Gasteiger charge is -2.38. The Balaban J connectivity index is 2.02. The van der Waals surface area contributed by atoms with E-state index in [2.05, 4.69) is 4.90 Å². The van der Waals surface area contributed by atoms with Crippen molar-refractivity contribution in [1.29, 1.82) is 0 Å². The van der Waals surface area contributed by atoms with E-state index in [1.54, 1.807) is 19.1 Å². The van der Waals surface area contributed by atoms with Crippen molar-refractivity contribution in [2.75, 3.05) is 13.1 Å². The molecule has 4 heteroatoms. The molecule has 3 atom stereocenters. The van der Waals surface area contributed by atoms with Gasteiger partial charge < -0.3 is 10.2 Å². The highest BCUT2D eigenvalue weighted by atomic mass is 19.1. The molecule has 2 N–H and O–H groups in total. The number of nitrogens with zero attached hydrogens (tertiary/aromatic N) is 1. The van der Waals surface area contributed by atoms with Crippen LogP contribution in [0.2, 0.25) is 0 Å². The summed E-state index contributed by atoms with van der Waals surface area (Å²) in [5.74, 6) is -0.331. The fourth-order valence-electron chi connectivity index (χ4n) is 2.83. The Morgan fingerprint density at radius 1 is 1.37 bits per heavy atom. The van der Waals surface area contributed by atoms with Gasteiger partial charge in [0.25, 0.3) is 0 Å². The van der Waals surface area contributed by atoms with Crippen molar-refractivity contribution in [2.24, 2.45) is 0 Å². The molecule has 0 radical (unpaired) electrons. The third kappa shape index (κ3) is 3.75. The van der Waals surface area contributed by atoms with Crippen LogP contribution in [0.4, 0.5) is 4.39 Å². The van der Waals surface area contributed by atoms with Gasteiger partial charge >= 0.3 is 0 Å². The smallest absolute Gasteiger partial charge is 0.123 e. The topological polar surface area (TPSA) is 43.7 Å². The largest absolute Gasteiger partial charge is 0.392 e. The Bertz CT molecular complexity index is 411. The number of rotatable bonds is 4. The highest BCUT2D eigenvalue weighted by Crippen LogP contribution is 2.23. The minimum Gasteiger partial charge on any atom is -0.392 e. The molecule has 1 aliphatic heterocycles. The van der Waals surface area contributed by atoms with Crippen molar-refractivity contribution in [2.45, 2.75) is 44.4 Å². The van der Waals surface area contributed by atoms with E-state index in [1.165, 1.54) is 12.1 Å². The van der Waals surface area contributed by atoms with Gasteiger partial charge in [-0.25, -0.2) is 4.39 Å². The van der Waals surface area contributed by atoms with Gasteiger partial charge in [-0.3, -0.25) is 4.90 Å². The highest BCUT2D eigenvalue weighted by molar-refractivity contribution is 5.19. The molecule has 2 rings (SSSR count). The molecule has 0 aliphatic carbocycles. The predicted octanol–water partition coefficient (Wildman–Crippen LogP) is 2.09. The molecular formula is C15H22FNO2.